The highest BCUT2D eigenvalue weighted by atomic mass is 79.9. The molecule has 0 bridgehead atoms. The summed E-state index contributed by atoms with van der Waals surface area (Å²) >= 11 is 3.22. The molecule has 1 saturated carbocycles. The molecule has 2 fully saturated rings. The molecule has 0 unspecified atom stereocenters. The third-order valence-electron chi connectivity index (χ3n) is 3.53. The predicted octanol–water partition coefficient (Wildman–Crippen LogP) is 2.44. The number of hydrogen-bond acceptors (Lipinski definition) is 3. The standard InChI is InChI=1S/C12H14BrNO3/c13-11-5-4-10(17-11)12(15)14-6-7-16-9-3-1-2-8(9)14/h4-5,8-9H,1-3,6-7H2/t8-,9-/m1/s1. The van der Waals surface area contributed by atoms with Crippen LogP contribution >= 0.6 is 15.9 Å². The molecule has 2 aliphatic rings. The van der Waals surface area contributed by atoms with Gasteiger partial charge in [-0.1, -0.05) is 0 Å². The molecule has 1 saturated heterocycles. The number of fused-ring (bicyclic) bond motifs is 1. The van der Waals surface area contributed by atoms with E-state index >= 15 is 0 Å². The van der Waals surface area contributed by atoms with Gasteiger partial charge in [0.1, 0.15) is 0 Å². The number of furan rings is 1. The molecule has 2 atom stereocenters. The maximum Gasteiger partial charge on any atom is 0.290 e. The molecule has 17 heavy (non-hydrogen) atoms. The Kier molecular flexibility index (Phi) is 2.96. The first-order valence-electron chi connectivity index (χ1n) is 5.93. The quantitative estimate of drug-likeness (QED) is 0.800. The highest BCUT2D eigenvalue weighted by Crippen LogP contribution is 2.31. The Morgan fingerprint density at radius 3 is 3.06 bits per heavy atom. The van der Waals surface area contributed by atoms with E-state index in [0.29, 0.717) is 23.6 Å². The molecule has 0 N–H and O–H groups in total. The third kappa shape index (κ3) is 2.02. The van der Waals surface area contributed by atoms with Gasteiger partial charge in [-0.05, 0) is 47.3 Å². The van der Waals surface area contributed by atoms with E-state index in [9.17, 15) is 4.79 Å². The van der Waals surface area contributed by atoms with Gasteiger partial charge in [-0.2, -0.15) is 0 Å². The first-order chi connectivity index (χ1) is 8.25. The van der Waals surface area contributed by atoms with Gasteiger partial charge in [0, 0.05) is 6.54 Å². The van der Waals surface area contributed by atoms with Crippen molar-refractivity contribution in [3.8, 4) is 0 Å². The second kappa shape index (κ2) is 4.46. The lowest BCUT2D eigenvalue weighted by molar-refractivity contribution is -0.0454. The Hall–Kier alpha value is -0.810. The third-order valence-corrected chi connectivity index (χ3v) is 3.95. The topological polar surface area (TPSA) is 42.7 Å². The first kappa shape index (κ1) is 11.3. The number of morpholine rings is 1. The molecule has 0 spiro atoms. The largest absolute Gasteiger partial charge is 0.444 e. The number of carbonyl (C=O) groups is 1. The van der Waals surface area contributed by atoms with Crippen molar-refractivity contribution in [1.82, 2.24) is 4.90 Å². The van der Waals surface area contributed by atoms with Gasteiger partial charge in [0.25, 0.3) is 5.91 Å². The van der Waals surface area contributed by atoms with Gasteiger partial charge in [0.15, 0.2) is 10.4 Å². The van der Waals surface area contributed by atoms with Crippen molar-refractivity contribution in [3.63, 3.8) is 0 Å². The van der Waals surface area contributed by atoms with Crippen LogP contribution in [0.4, 0.5) is 0 Å². The molecule has 1 aromatic rings. The van der Waals surface area contributed by atoms with E-state index in [1.54, 1.807) is 12.1 Å². The zero-order valence-electron chi connectivity index (χ0n) is 9.39. The average Bonchev–Trinajstić information content (AvgIpc) is 2.95. The van der Waals surface area contributed by atoms with Gasteiger partial charge >= 0.3 is 0 Å². The smallest absolute Gasteiger partial charge is 0.290 e. The molecule has 1 aromatic heterocycles. The van der Waals surface area contributed by atoms with Crippen LogP contribution in [0, 0.1) is 0 Å². The average molecular weight is 300 g/mol. The van der Waals surface area contributed by atoms with E-state index in [4.69, 9.17) is 9.15 Å². The summed E-state index contributed by atoms with van der Waals surface area (Å²) in [5.74, 6) is 0.389. The minimum Gasteiger partial charge on any atom is -0.444 e. The normalized spacial score (nSPS) is 28.2. The highest BCUT2D eigenvalue weighted by molar-refractivity contribution is 9.10. The minimum atomic E-state index is -0.0177. The van der Waals surface area contributed by atoms with Crippen LogP contribution in [-0.4, -0.2) is 36.1 Å². The molecular formula is C12H14BrNO3. The summed E-state index contributed by atoms with van der Waals surface area (Å²) < 4.78 is 11.6. The van der Waals surface area contributed by atoms with Crippen LogP contribution in [0.1, 0.15) is 29.8 Å². The Labute approximate surface area is 108 Å². The van der Waals surface area contributed by atoms with Crippen LogP contribution in [0.25, 0.3) is 0 Å². The summed E-state index contributed by atoms with van der Waals surface area (Å²) in [7, 11) is 0. The van der Waals surface area contributed by atoms with Crippen LogP contribution in [0.5, 0.6) is 0 Å². The van der Waals surface area contributed by atoms with Gasteiger partial charge in [0.05, 0.1) is 18.8 Å². The Bertz CT molecular complexity index is 431. The van der Waals surface area contributed by atoms with Crippen molar-refractivity contribution < 1.29 is 13.9 Å². The first-order valence-corrected chi connectivity index (χ1v) is 6.73. The van der Waals surface area contributed by atoms with Gasteiger partial charge in [-0.25, -0.2) is 0 Å². The zero-order valence-corrected chi connectivity index (χ0v) is 11.0. The van der Waals surface area contributed by atoms with Gasteiger partial charge < -0.3 is 14.1 Å². The van der Waals surface area contributed by atoms with E-state index in [1.807, 2.05) is 4.90 Å². The molecular weight excluding hydrogens is 286 g/mol. The Morgan fingerprint density at radius 2 is 2.29 bits per heavy atom. The zero-order chi connectivity index (χ0) is 11.8. The Balaban J connectivity index is 1.81. The fourth-order valence-corrected chi connectivity index (χ4v) is 3.06. The molecule has 92 valence electrons. The van der Waals surface area contributed by atoms with Crippen molar-refractivity contribution in [1.29, 1.82) is 0 Å². The number of carbonyl (C=O) groups excluding carboxylic acids is 1. The molecule has 4 nitrogen and oxygen atoms in total. The van der Waals surface area contributed by atoms with E-state index < -0.39 is 0 Å². The van der Waals surface area contributed by atoms with Crippen molar-refractivity contribution in [2.45, 2.75) is 31.4 Å². The van der Waals surface area contributed by atoms with Gasteiger partial charge in [-0.3, -0.25) is 4.79 Å². The summed E-state index contributed by atoms with van der Waals surface area (Å²) in [4.78, 5) is 14.2. The SMILES string of the molecule is O=C(c1ccc(Br)o1)N1CCO[C@@H]2CCC[C@H]21. The Morgan fingerprint density at radius 1 is 1.41 bits per heavy atom. The van der Waals surface area contributed by atoms with E-state index in [0.717, 1.165) is 19.3 Å². The van der Waals surface area contributed by atoms with Gasteiger partial charge in [-0.15, -0.1) is 0 Å². The number of rotatable bonds is 1. The number of amides is 1. The maximum atomic E-state index is 12.3. The fraction of sp³-hybridized carbons (Fsp3) is 0.583. The van der Waals surface area contributed by atoms with Crippen LogP contribution in [-0.2, 0) is 4.74 Å². The lowest BCUT2D eigenvalue weighted by Crippen LogP contribution is -2.51. The lowest BCUT2D eigenvalue weighted by atomic mass is 10.1. The lowest BCUT2D eigenvalue weighted by Gasteiger charge is -2.37. The van der Waals surface area contributed by atoms with Crippen LogP contribution in [0.3, 0.4) is 0 Å². The summed E-state index contributed by atoms with van der Waals surface area (Å²) in [6, 6.07) is 3.70. The fourth-order valence-electron chi connectivity index (χ4n) is 2.75. The van der Waals surface area contributed by atoms with E-state index in [2.05, 4.69) is 15.9 Å². The number of ether oxygens (including phenoxy) is 1. The molecule has 0 radical (unpaired) electrons. The van der Waals surface area contributed by atoms with Crippen LogP contribution < -0.4 is 0 Å². The molecule has 3 rings (SSSR count). The molecule has 2 heterocycles. The van der Waals surface area contributed by atoms with Crippen molar-refractivity contribution in [2.24, 2.45) is 0 Å². The van der Waals surface area contributed by atoms with Crippen LogP contribution in [0.15, 0.2) is 21.2 Å². The molecule has 1 aliphatic carbocycles. The molecule has 1 amide bonds. The van der Waals surface area contributed by atoms with Crippen LogP contribution in [0.2, 0.25) is 0 Å². The summed E-state index contributed by atoms with van der Waals surface area (Å²) in [5.41, 5.74) is 0. The summed E-state index contributed by atoms with van der Waals surface area (Å²) in [6.07, 6.45) is 3.47. The number of nitrogens with zero attached hydrogens (tertiary/aromatic N) is 1. The summed E-state index contributed by atoms with van der Waals surface area (Å²) in [5, 5.41) is 0. The van der Waals surface area contributed by atoms with E-state index in [1.165, 1.54) is 0 Å². The second-order valence-electron chi connectivity index (χ2n) is 4.51. The minimum absolute atomic E-state index is 0.0177. The van der Waals surface area contributed by atoms with Gasteiger partial charge in [0.2, 0.25) is 0 Å². The number of hydrogen-bond donors (Lipinski definition) is 0. The molecule has 1 aliphatic heterocycles. The predicted molar refractivity (Wildman–Crippen MR) is 64.8 cm³/mol. The number of halogens is 1. The molecule has 5 heteroatoms. The monoisotopic (exact) mass is 299 g/mol. The second-order valence-corrected chi connectivity index (χ2v) is 5.29. The highest BCUT2D eigenvalue weighted by Gasteiger charge is 2.39. The molecule has 0 aromatic carbocycles. The van der Waals surface area contributed by atoms with Crippen molar-refractivity contribution >= 4 is 21.8 Å². The van der Waals surface area contributed by atoms with Crippen molar-refractivity contribution in [3.05, 3.63) is 22.6 Å². The summed E-state index contributed by atoms with van der Waals surface area (Å²) in [6.45, 7) is 1.30. The maximum absolute atomic E-state index is 12.3. The van der Waals surface area contributed by atoms with Crippen molar-refractivity contribution in [2.75, 3.05) is 13.2 Å². The van der Waals surface area contributed by atoms with E-state index in [-0.39, 0.29) is 18.1 Å².